The molecule has 2 atom stereocenters. The van der Waals surface area contributed by atoms with E-state index in [0.717, 1.165) is 12.0 Å². The van der Waals surface area contributed by atoms with Crippen molar-refractivity contribution >= 4 is 5.91 Å². The van der Waals surface area contributed by atoms with E-state index in [1.165, 1.54) is 0 Å². The van der Waals surface area contributed by atoms with Crippen LogP contribution in [0, 0.1) is 0 Å². The Balaban J connectivity index is 1.87. The van der Waals surface area contributed by atoms with E-state index in [4.69, 9.17) is 9.47 Å². The van der Waals surface area contributed by atoms with Crippen LogP contribution >= 0.6 is 0 Å². The highest BCUT2D eigenvalue weighted by atomic mass is 16.5. The standard InChI is InChI=1S/C15H21NO3/c1-2-15(17)16-13-8-9-18-11-14(13)19-10-12-6-4-3-5-7-12/h3-7,13-14H,2,8-11H2,1H3,(H,16,17)/t13-,14-/m1/s1. The predicted molar refractivity (Wildman–Crippen MR) is 72.7 cm³/mol. The first-order valence-corrected chi connectivity index (χ1v) is 6.82. The lowest BCUT2D eigenvalue weighted by Gasteiger charge is -2.32. The van der Waals surface area contributed by atoms with Crippen LogP contribution < -0.4 is 5.32 Å². The van der Waals surface area contributed by atoms with Crippen LogP contribution in [0.2, 0.25) is 0 Å². The van der Waals surface area contributed by atoms with E-state index in [9.17, 15) is 4.79 Å². The van der Waals surface area contributed by atoms with Gasteiger partial charge in [-0.2, -0.15) is 0 Å². The van der Waals surface area contributed by atoms with Gasteiger partial charge < -0.3 is 14.8 Å². The number of ether oxygens (including phenoxy) is 2. The fourth-order valence-electron chi connectivity index (χ4n) is 2.13. The summed E-state index contributed by atoms with van der Waals surface area (Å²) in [5.74, 6) is 0.0696. The van der Waals surface area contributed by atoms with E-state index in [-0.39, 0.29) is 18.1 Å². The molecule has 1 saturated heterocycles. The molecule has 1 aliphatic rings. The Morgan fingerprint density at radius 2 is 2.21 bits per heavy atom. The summed E-state index contributed by atoms with van der Waals surface area (Å²) in [6, 6.07) is 10.1. The third-order valence-electron chi connectivity index (χ3n) is 3.28. The van der Waals surface area contributed by atoms with Crippen molar-refractivity contribution in [2.24, 2.45) is 0 Å². The van der Waals surface area contributed by atoms with E-state index in [2.05, 4.69) is 5.32 Å². The minimum absolute atomic E-state index is 0.0601. The summed E-state index contributed by atoms with van der Waals surface area (Å²) in [5, 5.41) is 3.01. The van der Waals surface area contributed by atoms with Crippen LogP contribution in [-0.4, -0.2) is 31.3 Å². The van der Waals surface area contributed by atoms with Crippen molar-refractivity contribution in [1.82, 2.24) is 5.32 Å². The first-order chi connectivity index (χ1) is 9.29. The highest BCUT2D eigenvalue weighted by Crippen LogP contribution is 2.14. The summed E-state index contributed by atoms with van der Waals surface area (Å²) in [7, 11) is 0. The van der Waals surface area contributed by atoms with Gasteiger partial charge in [0.25, 0.3) is 0 Å². The predicted octanol–water partition coefficient (Wildman–Crippen LogP) is 1.89. The Kier molecular flexibility index (Phi) is 5.36. The molecule has 1 N–H and O–H groups in total. The highest BCUT2D eigenvalue weighted by molar-refractivity contribution is 5.75. The average Bonchev–Trinajstić information content (AvgIpc) is 2.47. The van der Waals surface area contributed by atoms with Gasteiger partial charge in [0.05, 0.1) is 19.3 Å². The zero-order chi connectivity index (χ0) is 13.5. The van der Waals surface area contributed by atoms with E-state index < -0.39 is 0 Å². The second-order valence-corrected chi connectivity index (χ2v) is 4.73. The number of benzene rings is 1. The van der Waals surface area contributed by atoms with Crippen LogP contribution in [0.25, 0.3) is 0 Å². The molecule has 1 amide bonds. The highest BCUT2D eigenvalue weighted by Gasteiger charge is 2.27. The summed E-state index contributed by atoms with van der Waals surface area (Å²) in [5.41, 5.74) is 1.13. The monoisotopic (exact) mass is 263 g/mol. The van der Waals surface area contributed by atoms with Gasteiger partial charge in [0.15, 0.2) is 0 Å². The molecule has 4 heteroatoms. The molecule has 4 nitrogen and oxygen atoms in total. The van der Waals surface area contributed by atoms with Crippen molar-refractivity contribution in [3.05, 3.63) is 35.9 Å². The summed E-state index contributed by atoms with van der Waals surface area (Å²) in [4.78, 5) is 11.5. The molecular formula is C15H21NO3. The molecule has 104 valence electrons. The van der Waals surface area contributed by atoms with E-state index in [1.807, 2.05) is 37.3 Å². The molecule has 0 unspecified atom stereocenters. The SMILES string of the molecule is CCC(=O)N[C@@H]1CCOC[C@H]1OCc1ccccc1. The molecule has 2 rings (SSSR count). The lowest BCUT2D eigenvalue weighted by Crippen LogP contribution is -2.49. The van der Waals surface area contributed by atoms with Crippen molar-refractivity contribution in [2.45, 2.75) is 38.5 Å². The molecule has 0 radical (unpaired) electrons. The maximum absolute atomic E-state index is 11.5. The number of hydrogen-bond donors (Lipinski definition) is 1. The maximum Gasteiger partial charge on any atom is 0.220 e. The lowest BCUT2D eigenvalue weighted by atomic mass is 10.1. The van der Waals surface area contributed by atoms with Crippen molar-refractivity contribution in [2.75, 3.05) is 13.2 Å². The molecule has 1 aromatic rings. The lowest BCUT2D eigenvalue weighted by molar-refractivity contribution is -0.126. The summed E-state index contributed by atoms with van der Waals surface area (Å²) in [6.07, 6.45) is 1.25. The summed E-state index contributed by atoms with van der Waals surface area (Å²) >= 11 is 0. The third kappa shape index (κ3) is 4.33. The number of rotatable bonds is 5. The Morgan fingerprint density at radius 3 is 2.95 bits per heavy atom. The van der Waals surface area contributed by atoms with Gasteiger partial charge in [0, 0.05) is 13.0 Å². The van der Waals surface area contributed by atoms with Crippen LogP contribution in [0.15, 0.2) is 30.3 Å². The van der Waals surface area contributed by atoms with Crippen molar-refractivity contribution in [3.8, 4) is 0 Å². The van der Waals surface area contributed by atoms with Gasteiger partial charge >= 0.3 is 0 Å². The molecular weight excluding hydrogens is 242 g/mol. The van der Waals surface area contributed by atoms with E-state index in [0.29, 0.717) is 26.2 Å². The van der Waals surface area contributed by atoms with Gasteiger partial charge in [0.1, 0.15) is 6.10 Å². The molecule has 1 heterocycles. The minimum Gasteiger partial charge on any atom is -0.379 e. The summed E-state index contributed by atoms with van der Waals surface area (Å²) < 4.78 is 11.3. The van der Waals surface area contributed by atoms with Gasteiger partial charge in [-0.1, -0.05) is 37.3 Å². The fraction of sp³-hybridized carbons (Fsp3) is 0.533. The molecule has 1 fully saturated rings. The molecule has 0 bridgehead atoms. The minimum atomic E-state index is -0.0653. The molecule has 1 aromatic carbocycles. The average molecular weight is 263 g/mol. The maximum atomic E-state index is 11.5. The molecule has 1 aliphatic heterocycles. The Hall–Kier alpha value is -1.39. The number of amides is 1. The molecule has 0 aromatic heterocycles. The number of hydrogen-bond acceptors (Lipinski definition) is 3. The van der Waals surface area contributed by atoms with Crippen LogP contribution in [0.1, 0.15) is 25.3 Å². The summed E-state index contributed by atoms with van der Waals surface area (Å²) in [6.45, 7) is 3.63. The molecule has 19 heavy (non-hydrogen) atoms. The van der Waals surface area contributed by atoms with Crippen molar-refractivity contribution < 1.29 is 14.3 Å². The van der Waals surface area contributed by atoms with E-state index in [1.54, 1.807) is 0 Å². The first kappa shape index (κ1) is 14.0. The van der Waals surface area contributed by atoms with Gasteiger partial charge in [-0.15, -0.1) is 0 Å². The van der Waals surface area contributed by atoms with Crippen molar-refractivity contribution in [3.63, 3.8) is 0 Å². The van der Waals surface area contributed by atoms with E-state index >= 15 is 0 Å². The van der Waals surface area contributed by atoms with Crippen LogP contribution in [0.5, 0.6) is 0 Å². The van der Waals surface area contributed by atoms with Crippen LogP contribution in [-0.2, 0) is 20.9 Å². The Labute approximate surface area is 114 Å². The number of carbonyl (C=O) groups is 1. The smallest absolute Gasteiger partial charge is 0.220 e. The Bertz CT molecular complexity index is 394. The molecule has 0 spiro atoms. The molecule has 0 saturated carbocycles. The van der Waals surface area contributed by atoms with Gasteiger partial charge in [-0.3, -0.25) is 4.79 Å². The molecule has 0 aliphatic carbocycles. The zero-order valence-electron chi connectivity index (χ0n) is 11.3. The van der Waals surface area contributed by atoms with Crippen LogP contribution in [0.3, 0.4) is 0 Å². The second kappa shape index (κ2) is 7.26. The van der Waals surface area contributed by atoms with Crippen LogP contribution in [0.4, 0.5) is 0 Å². The number of nitrogens with one attached hydrogen (secondary N) is 1. The topological polar surface area (TPSA) is 47.6 Å². The second-order valence-electron chi connectivity index (χ2n) is 4.73. The normalized spacial score (nSPS) is 23.0. The largest absolute Gasteiger partial charge is 0.379 e. The third-order valence-corrected chi connectivity index (χ3v) is 3.28. The zero-order valence-corrected chi connectivity index (χ0v) is 11.3. The Morgan fingerprint density at radius 1 is 1.42 bits per heavy atom. The van der Waals surface area contributed by atoms with Crippen molar-refractivity contribution in [1.29, 1.82) is 0 Å². The van der Waals surface area contributed by atoms with Gasteiger partial charge in [0.2, 0.25) is 5.91 Å². The van der Waals surface area contributed by atoms with Gasteiger partial charge in [-0.25, -0.2) is 0 Å². The fourth-order valence-corrected chi connectivity index (χ4v) is 2.13. The van der Waals surface area contributed by atoms with Gasteiger partial charge in [-0.05, 0) is 12.0 Å². The number of carbonyl (C=O) groups excluding carboxylic acids is 1. The quantitative estimate of drug-likeness (QED) is 0.882. The first-order valence-electron chi connectivity index (χ1n) is 6.82.